The number of halogens is 1. The molecule has 1 aromatic heterocycles. The van der Waals surface area contributed by atoms with Crippen molar-refractivity contribution in [2.45, 2.75) is 11.7 Å². The Kier molecular flexibility index (Phi) is 3.31. The van der Waals surface area contributed by atoms with Crippen molar-refractivity contribution in [1.29, 1.82) is 0 Å². The van der Waals surface area contributed by atoms with Crippen LogP contribution in [0.2, 0.25) is 5.28 Å². The number of sulfonamides is 1. The molecule has 21 heavy (non-hydrogen) atoms. The summed E-state index contributed by atoms with van der Waals surface area (Å²) in [7, 11) is -3.78. The zero-order chi connectivity index (χ0) is 15.2. The van der Waals surface area contributed by atoms with Crippen LogP contribution < -0.4 is 10.0 Å². The van der Waals surface area contributed by atoms with Crippen molar-refractivity contribution >= 4 is 44.3 Å². The number of nitrogens with zero attached hydrogens (tertiary/aromatic N) is 3. The van der Waals surface area contributed by atoms with Gasteiger partial charge in [-0.3, -0.25) is 9.69 Å². The SMILES string of the molecule is NS(=O)(=O)C1CC(=O)N(c2nc(Cl)nc3ccccc23)C1. The summed E-state index contributed by atoms with van der Waals surface area (Å²) >= 11 is 5.87. The van der Waals surface area contributed by atoms with Gasteiger partial charge in [0.2, 0.25) is 21.2 Å². The second-order valence-electron chi connectivity index (χ2n) is 4.75. The summed E-state index contributed by atoms with van der Waals surface area (Å²) < 4.78 is 22.9. The van der Waals surface area contributed by atoms with Crippen LogP contribution in [0.25, 0.3) is 10.9 Å². The Balaban J connectivity index is 2.11. The van der Waals surface area contributed by atoms with Gasteiger partial charge >= 0.3 is 0 Å². The molecular formula is C12H11ClN4O3S. The molecule has 1 fully saturated rings. The van der Waals surface area contributed by atoms with Crippen molar-refractivity contribution in [2.75, 3.05) is 11.4 Å². The Bertz CT molecular complexity index is 840. The smallest absolute Gasteiger partial charge is 0.229 e. The molecule has 0 radical (unpaired) electrons. The molecule has 2 N–H and O–H groups in total. The minimum absolute atomic E-state index is 0.00412. The van der Waals surface area contributed by atoms with E-state index in [4.69, 9.17) is 16.7 Å². The Labute approximate surface area is 125 Å². The fraction of sp³-hybridized carbons (Fsp3) is 0.250. The normalized spacial score (nSPS) is 19.4. The summed E-state index contributed by atoms with van der Waals surface area (Å²) in [6.07, 6.45) is -0.158. The fourth-order valence-corrected chi connectivity index (χ4v) is 3.24. The minimum atomic E-state index is -3.78. The van der Waals surface area contributed by atoms with E-state index >= 15 is 0 Å². The van der Waals surface area contributed by atoms with Gasteiger partial charge in [-0.05, 0) is 23.7 Å². The van der Waals surface area contributed by atoms with Gasteiger partial charge in [0.15, 0.2) is 0 Å². The van der Waals surface area contributed by atoms with Crippen LogP contribution in [0.3, 0.4) is 0 Å². The molecule has 1 aliphatic heterocycles. The number of aromatic nitrogens is 2. The Hall–Kier alpha value is -1.77. The van der Waals surface area contributed by atoms with E-state index in [1.54, 1.807) is 24.3 Å². The summed E-state index contributed by atoms with van der Waals surface area (Å²) in [4.78, 5) is 21.5. The maximum absolute atomic E-state index is 12.1. The lowest BCUT2D eigenvalue weighted by atomic mass is 10.2. The summed E-state index contributed by atoms with van der Waals surface area (Å²) in [5, 5.41) is 4.81. The molecule has 0 bridgehead atoms. The maximum Gasteiger partial charge on any atom is 0.229 e. The van der Waals surface area contributed by atoms with Crippen LogP contribution in [-0.2, 0) is 14.8 Å². The van der Waals surface area contributed by atoms with Crippen molar-refractivity contribution in [3.8, 4) is 0 Å². The van der Waals surface area contributed by atoms with Gasteiger partial charge in [-0.15, -0.1) is 0 Å². The molecule has 110 valence electrons. The van der Waals surface area contributed by atoms with Crippen LogP contribution in [0.4, 0.5) is 5.82 Å². The van der Waals surface area contributed by atoms with E-state index in [0.29, 0.717) is 16.7 Å². The average Bonchev–Trinajstić information content (AvgIpc) is 2.79. The number of carbonyl (C=O) groups is 1. The lowest BCUT2D eigenvalue weighted by Crippen LogP contribution is -2.32. The van der Waals surface area contributed by atoms with E-state index in [2.05, 4.69) is 9.97 Å². The third kappa shape index (κ3) is 2.57. The molecule has 1 aromatic carbocycles. The molecule has 0 aliphatic carbocycles. The Morgan fingerprint density at radius 3 is 2.67 bits per heavy atom. The summed E-state index contributed by atoms with van der Waals surface area (Å²) in [5.74, 6) is -0.0457. The van der Waals surface area contributed by atoms with E-state index in [-0.39, 0.29) is 24.2 Å². The first-order chi connectivity index (χ1) is 9.86. The highest BCUT2D eigenvalue weighted by molar-refractivity contribution is 7.89. The molecule has 9 heteroatoms. The quantitative estimate of drug-likeness (QED) is 0.817. The van der Waals surface area contributed by atoms with Crippen molar-refractivity contribution in [1.82, 2.24) is 9.97 Å². The van der Waals surface area contributed by atoms with E-state index in [0.717, 1.165) is 0 Å². The van der Waals surface area contributed by atoms with E-state index < -0.39 is 15.3 Å². The zero-order valence-electron chi connectivity index (χ0n) is 10.7. The number of hydrogen-bond donors (Lipinski definition) is 1. The first kappa shape index (κ1) is 14.2. The van der Waals surface area contributed by atoms with Crippen LogP contribution in [0.15, 0.2) is 24.3 Å². The predicted octanol–water partition coefficient (Wildman–Crippen LogP) is 0.677. The van der Waals surface area contributed by atoms with E-state index in [9.17, 15) is 13.2 Å². The number of para-hydroxylation sites is 1. The molecule has 1 atom stereocenters. The Morgan fingerprint density at radius 2 is 2.00 bits per heavy atom. The van der Waals surface area contributed by atoms with E-state index in [1.807, 2.05) is 0 Å². The van der Waals surface area contributed by atoms with E-state index in [1.165, 1.54) is 4.90 Å². The van der Waals surface area contributed by atoms with Crippen LogP contribution in [0, 0.1) is 0 Å². The molecule has 1 unspecified atom stereocenters. The summed E-state index contributed by atoms with van der Waals surface area (Å²) in [6, 6.07) is 7.05. The number of anilines is 1. The molecule has 1 aliphatic rings. The lowest BCUT2D eigenvalue weighted by Gasteiger charge is -2.17. The molecule has 3 rings (SSSR count). The number of carbonyl (C=O) groups excluding carboxylic acids is 1. The second-order valence-corrected chi connectivity index (χ2v) is 6.94. The zero-order valence-corrected chi connectivity index (χ0v) is 12.3. The molecule has 2 aromatic rings. The monoisotopic (exact) mass is 326 g/mol. The first-order valence-corrected chi connectivity index (χ1v) is 8.09. The lowest BCUT2D eigenvalue weighted by molar-refractivity contribution is -0.117. The van der Waals surface area contributed by atoms with Gasteiger partial charge in [-0.1, -0.05) is 12.1 Å². The van der Waals surface area contributed by atoms with Crippen molar-refractivity contribution in [3.05, 3.63) is 29.5 Å². The van der Waals surface area contributed by atoms with Gasteiger partial charge in [0.1, 0.15) is 11.1 Å². The standard InChI is InChI=1S/C12H11ClN4O3S/c13-12-15-9-4-2-1-3-8(9)11(16-12)17-6-7(5-10(17)18)21(14,19)20/h1-4,7H,5-6H2,(H2,14,19,20). The van der Waals surface area contributed by atoms with Crippen LogP contribution >= 0.6 is 11.6 Å². The topological polar surface area (TPSA) is 106 Å². The number of hydrogen-bond acceptors (Lipinski definition) is 5. The highest BCUT2D eigenvalue weighted by atomic mass is 35.5. The van der Waals surface area contributed by atoms with Gasteiger partial charge in [0.05, 0.1) is 5.52 Å². The van der Waals surface area contributed by atoms with Crippen LogP contribution in [0.5, 0.6) is 0 Å². The number of primary sulfonamides is 1. The third-order valence-electron chi connectivity index (χ3n) is 3.37. The number of benzene rings is 1. The molecule has 0 spiro atoms. The minimum Gasteiger partial charge on any atom is -0.295 e. The predicted molar refractivity (Wildman–Crippen MR) is 78.4 cm³/mol. The van der Waals surface area contributed by atoms with Gasteiger partial charge < -0.3 is 0 Å². The first-order valence-electron chi connectivity index (χ1n) is 6.10. The highest BCUT2D eigenvalue weighted by Crippen LogP contribution is 2.29. The van der Waals surface area contributed by atoms with Crippen LogP contribution in [-0.4, -0.2) is 36.1 Å². The molecule has 1 amide bonds. The molecule has 7 nitrogen and oxygen atoms in total. The second kappa shape index (κ2) is 4.90. The largest absolute Gasteiger partial charge is 0.295 e. The van der Waals surface area contributed by atoms with Gasteiger partial charge in [0, 0.05) is 18.4 Å². The number of amides is 1. The summed E-state index contributed by atoms with van der Waals surface area (Å²) in [5.41, 5.74) is 0.583. The van der Waals surface area contributed by atoms with Gasteiger partial charge in [0.25, 0.3) is 0 Å². The van der Waals surface area contributed by atoms with Crippen molar-refractivity contribution in [2.24, 2.45) is 5.14 Å². The average molecular weight is 327 g/mol. The van der Waals surface area contributed by atoms with Gasteiger partial charge in [-0.25, -0.2) is 18.5 Å². The molecule has 2 heterocycles. The third-order valence-corrected chi connectivity index (χ3v) is 4.78. The molecular weight excluding hydrogens is 316 g/mol. The number of rotatable bonds is 2. The highest BCUT2D eigenvalue weighted by Gasteiger charge is 2.38. The summed E-state index contributed by atoms with van der Waals surface area (Å²) in [6.45, 7) is -0.0327. The van der Waals surface area contributed by atoms with Crippen molar-refractivity contribution in [3.63, 3.8) is 0 Å². The molecule has 0 saturated carbocycles. The van der Waals surface area contributed by atoms with Gasteiger partial charge in [-0.2, -0.15) is 4.98 Å². The number of nitrogens with two attached hydrogens (primary N) is 1. The molecule has 1 saturated heterocycles. The maximum atomic E-state index is 12.1. The number of fused-ring (bicyclic) bond motifs is 1. The van der Waals surface area contributed by atoms with Crippen molar-refractivity contribution < 1.29 is 13.2 Å². The fourth-order valence-electron chi connectivity index (χ4n) is 2.34. The Morgan fingerprint density at radius 1 is 1.29 bits per heavy atom. The van der Waals surface area contributed by atoms with Crippen LogP contribution in [0.1, 0.15) is 6.42 Å².